The van der Waals surface area contributed by atoms with Crippen LogP contribution in [-0.4, -0.2) is 36.6 Å². The molecule has 2 heteroatoms. The molecule has 0 radical (unpaired) electrons. The monoisotopic (exact) mass is 210 g/mol. The molecule has 88 valence electrons. The van der Waals surface area contributed by atoms with Crippen LogP contribution in [0, 0.1) is 5.92 Å². The maximum absolute atomic E-state index is 3.65. The normalized spacial score (nSPS) is 39.2. The highest BCUT2D eigenvalue weighted by Gasteiger charge is 2.30. The quantitative estimate of drug-likeness (QED) is 0.752. The van der Waals surface area contributed by atoms with Gasteiger partial charge in [0.25, 0.3) is 0 Å². The summed E-state index contributed by atoms with van der Waals surface area (Å²) in [6.45, 7) is 8.55. The summed E-state index contributed by atoms with van der Waals surface area (Å²) in [6.07, 6.45) is 6.87. The summed E-state index contributed by atoms with van der Waals surface area (Å²) in [5.41, 5.74) is 0. The Morgan fingerprint density at radius 3 is 2.73 bits per heavy atom. The van der Waals surface area contributed by atoms with Gasteiger partial charge in [-0.1, -0.05) is 13.8 Å². The van der Waals surface area contributed by atoms with Crippen molar-refractivity contribution in [3.63, 3.8) is 0 Å². The van der Waals surface area contributed by atoms with Crippen molar-refractivity contribution < 1.29 is 0 Å². The maximum Gasteiger partial charge on any atom is 0.0100 e. The van der Waals surface area contributed by atoms with Crippen molar-refractivity contribution in [1.29, 1.82) is 0 Å². The molecule has 1 atom stereocenters. The van der Waals surface area contributed by atoms with Crippen molar-refractivity contribution in [2.75, 3.05) is 19.6 Å². The fourth-order valence-corrected chi connectivity index (χ4v) is 3.00. The van der Waals surface area contributed by atoms with Gasteiger partial charge >= 0.3 is 0 Å². The fraction of sp³-hybridized carbons (Fsp3) is 1.00. The van der Waals surface area contributed by atoms with E-state index in [2.05, 4.69) is 24.1 Å². The first-order chi connectivity index (χ1) is 7.29. The lowest BCUT2D eigenvalue weighted by molar-refractivity contribution is 0.0755. The van der Waals surface area contributed by atoms with Crippen LogP contribution in [0.15, 0.2) is 0 Å². The predicted molar refractivity (Wildman–Crippen MR) is 65.1 cm³/mol. The molecule has 1 aliphatic carbocycles. The van der Waals surface area contributed by atoms with Crippen LogP contribution in [0.5, 0.6) is 0 Å². The van der Waals surface area contributed by atoms with Gasteiger partial charge in [0.15, 0.2) is 0 Å². The van der Waals surface area contributed by atoms with Gasteiger partial charge < -0.3 is 10.2 Å². The van der Waals surface area contributed by atoms with Crippen molar-refractivity contribution in [2.24, 2.45) is 5.92 Å². The zero-order valence-electron chi connectivity index (χ0n) is 10.3. The molecule has 0 amide bonds. The predicted octanol–water partition coefficient (Wildman–Crippen LogP) is 2.25. The van der Waals surface area contributed by atoms with E-state index >= 15 is 0 Å². The van der Waals surface area contributed by atoms with E-state index in [1.807, 2.05) is 0 Å². The second kappa shape index (κ2) is 5.31. The molecule has 0 bridgehead atoms. The molecule has 2 nitrogen and oxygen atoms in total. The molecule has 2 rings (SSSR count). The van der Waals surface area contributed by atoms with E-state index < -0.39 is 0 Å². The first kappa shape index (κ1) is 11.4. The summed E-state index contributed by atoms with van der Waals surface area (Å²) in [4.78, 5) is 2.75. The summed E-state index contributed by atoms with van der Waals surface area (Å²) in [5.74, 6) is 0.987. The summed E-state index contributed by atoms with van der Waals surface area (Å²) < 4.78 is 0. The third kappa shape index (κ3) is 2.94. The molecule has 2 fully saturated rings. The summed E-state index contributed by atoms with van der Waals surface area (Å²) >= 11 is 0. The van der Waals surface area contributed by atoms with E-state index in [0.717, 1.165) is 18.0 Å². The van der Waals surface area contributed by atoms with Crippen molar-refractivity contribution >= 4 is 0 Å². The van der Waals surface area contributed by atoms with Gasteiger partial charge in [0, 0.05) is 12.1 Å². The minimum atomic E-state index is 0.769. The van der Waals surface area contributed by atoms with Crippen LogP contribution < -0.4 is 5.32 Å². The van der Waals surface area contributed by atoms with Crippen LogP contribution in [0.25, 0.3) is 0 Å². The minimum absolute atomic E-state index is 0.769. The zero-order chi connectivity index (χ0) is 10.7. The van der Waals surface area contributed by atoms with Crippen molar-refractivity contribution in [1.82, 2.24) is 10.2 Å². The largest absolute Gasteiger partial charge is 0.314 e. The fourth-order valence-electron chi connectivity index (χ4n) is 3.00. The first-order valence-corrected chi connectivity index (χ1v) is 6.77. The smallest absolute Gasteiger partial charge is 0.0100 e. The Bertz CT molecular complexity index is 187. The van der Waals surface area contributed by atoms with Crippen LogP contribution in [0.2, 0.25) is 0 Å². The molecule has 1 unspecified atom stereocenters. The number of hydrogen-bond donors (Lipinski definition) is 1. The highest BCUT2D eigenvalue weighted by molar-refractivity contribution is 4.86. The number of hydrogen-bond acceptors (Lipinski definition) is 2. The molecule has 1 N–H and O–H groups in total. The Hall–Kier alpha value is -0.0800. The van der Waals surface area contributed by atoms with Crippen LogP contribution in [0.3, 0.4) is 0 Å². The van der Waals surface area contributed by atoms with E-state index in [1.54, 1.807) is 0 Å². The lowest BCUT2D eigenvalue weighted by Crippen LogP contribution is -2.48. The van der Waals surface area contributed by atoms with Gasteiger partial charge in [-0.2, -0.15) is 0 Å². The van der Waals surface area contributed by atoms with Gasteiger partial charge in [-0.25, -0.2) is 0 Å². The minimum Gasteiger partial charge on any atom is -0.314 e. The Morgan fingerprint density at radius 2 is 2.07 bits per heavy atom. The van der Waals surface area contributed by atoms with Gasteiger partial charge in [-0.3, -0.25) is 0 Å². The van der Waals surface area contributed by atoms with Crippen molar-refractivity contribution in [3.05, 3.63) is 0 Å². The molecule has 1 heterocycles. The standard InChI is InChI=1S/C13H26N2/c1-3-12-5-8-15(7-4-6-14-12)13-9-11(2)10-13/h11-14H,3-10H2,1-2H3. The highest BCUT2D eigenvalue weighted by atomic mass is 15.2. The van der Waals surface area contributed by atoms with Gasteiger partial charge in [0.1, 0.15) is 0 Å². The topological polar surface area (TPSA) is 15.3 Å². The van der Waals surface area contributed by atoms with Crippen LogP contribution >= 0.6 is 0 Å². The Morgan fingerprint density at radius 1 is 1.27 bits per heavy atom. The molecule has 0 aromatic carbocycles. The molecule has 1 aliphatic heterocycles. The molecule has 1 saturated carbocycles. The Kier molecular flexibility index (Phi) is 4.04. The number of rotatable bonds is 2. The molecule has 0 spiro atoms. The van der Waals surface area contributed by atoms with Gasteiger partial charge in [-0.05, 0) is 57.7 Å². The lowest BCUT2D eigenvalue weighted by Gasteiger charge is -2.43. The Labute approximate surface area is 94.4 Å². The number of nitrogens with zero attached hydrogens (tertiary/aromatic N) is 1. The number of nitrogens with one attached hydrogen (secondary N) is 1. The molecule has 0 aromatic rings. The van der Waals surface area contributed by atoms with E-state index in [-0.39, 0.29) is 0 Å². The van der Waals surface area contributed by atoms with Crippen LogP contribution in [0.4, 0.5) is 0 Å². The van der Waals surface area contributed by atoms with Crippen molar-refractivity contribution in [3.8, 4) is 0 Å². The molecule has 1 saturated heterocycles. The summed E-state index contributed by atoms with van der Waals surface area (Å²) in [6, 6.07) is 1.70. The average Bonchev–Trinajstić information content (AvgIpc) is 2.15. The zero-order valence-corrected chi connectivity index (χ0v) is 10.3. The molecular formula is C13H26N2. The highest BCUT2D eigenvalue weighted by Crippen LogP contribution is 2.31. The van der Waals surface area contributed by atoms with Crippen LogP contribution in [0.1, 0.15) is 46.0 Å². The second-order valence-electron chi connectivity index (χ2n) is 5.47. The maximum atomic E-state index is 3.65. The molecule has 2 aliphatic rings. The summed E-state index contributed by atoms with van der Waals surface area (Å²) in [5, 5.41) is 3.65. The first-order valence-electron chi connectivity index (χ1n) is 6.77. The van der Waals surface area contributed by atoms with E-state index in [9.17, 15) is 0 Å². The van der Waals surface area contributed by atoms with Gasteiger partial charge in [-0.15, -0.1) is 0 Å². The summed E-state index contributed by atoms with van der Waals surface area (Å²) in [7, 11) is 0. The average molecular weight is 210 g/mol. The van der Waals surface area contributed by atoms with Crippen molar-refractivity contribution in [2.45, 2.75) is 58.0 Å². The molecular weight excluding hydrogens is 184 g/mol. The van der Waals surface area contributed by atoms with Crippen LogP contribution in [-0.2, 0) is 0 Å². The molecule has 15 heavy (non-hydrogen) atoms. The third-order valence-corrected chi connectivity index (χ3v) is 4.18. The van der Waals surface area contributed by atoms with Gasteiger partial charge in [0.05, 0.1) is 0 Å². The van der Waals surface area contributed by atoms with Gasteiger partial charge in [0.2, 0.25) is 0 Å². The third-order valence-electron chi connectivity index (χ3n) is 4.18. The lowest BCUT2D eigenvalue weighted by atomic mass is 9.80. The van der Waals surface area contributed by atoms with E-state index in [4.69, 9.17) is 0 Å². The SMILES string of the molecule is CCC1CCN(C2CC(C)C2)CCCN1. The van der Waals surface area contributed by atoms with E-state index in [0.29, 0.717) is 0 Å². The van der Waals surface area contributed by atoms with E-state index in [1.165, 1.54) is 51.7 Å². The Balaban J connectivity index is 1.79. The second-order valence-corrected chi connectivity index (χ2v) is 5.47. The molecule has 0 aromatic heterocycles.